The maximum atomic E-state index is 12.6. The number of carbonyl (C=O) groups is 1. The molecule has 0 fully saturated rings. The lowest BCUT2D eigenvalue weighted by molar-refractivity contribution is -0.237. The third kappa shape index (κ3) is 9.72. The van der Waals surface area contributed by atoms with Gasteiger partial charge < -0.3 is 14.6 Å². The van der Waals surface area contributed by atoms with E-state index in [4.69, 9.17) is 9.84 Å². The van der Waals surface area contributed by atoms with E-state index in [1.54, 1.807) is 6.92 Å². The van der Waals surface area contributed by atoms with Crippen LogP contribution in [0.2, 0.25) is 0 Å². The molecule has 0 saturated carbocycles. The summed E-state index contributed by atoms with van der Waals surface area (Å²) in [7, 11) is 0. The van der Waals surface area contributed by atoms with Gasteiger partial charge in [-0.15, -0.1) is 0 Å². The Morgan fingerprint density at radius 3 is 2.42 bits per heavy atom. The molecule has 2 atom stereocenters. The van der Waals surface area contributed by atoms with E-state index in [-0.39, 0.29) is 6.10 Å². The minimum Gasteiger partial charge on any atom is -0.481 e. The van der Waals surface area contributed by atoms with Crippen molar-refractivity contribution in [3.05, 3.63) is 0 Å². The van der Waals surface area contributed by atoms with Crippen LogP contribution < -0.4 is 0 Å². The molecule has 4 nitrogen and oxygen atoms in total. The standard InChI is InChI=1S/C12H21F3O4/c1-3-4-5-9(2)19-8-10(12(13,14)15)18-7-6-11(16)17/h9-10H,3-8H2,1-2H3,(H,16,17). The molecule has 0 aromatic carbocycles. The zero-order chi connectivity index (χ0) is 14.9. The lowest BCUT2D eigenvalue weighted by atomic mass is 10.2. The molecule has 0 aromatic heterocycles. The number of unbranched alkanes of at least 4 members (excludes halogenated alkanes) is 1. The minimum absolute atomic E-state index is 0.270. The van der Waals surface area contributed by atoms with Gasteiger partial charge in [-0.2, -0.15) is 13.2 Å². The number of aliphatic carboxylic acids is 1. The van der Waals surface area contributed by atoms with Crippen molar-refractivity contribution >= 4 is 5.97 Å². The fourth-order valence-corrected chi connectivity index (χ4v) is 1.35. The topological polar surface area (TPSA) is 55.8 Å². The van der Waals surface area contributed by atoms with Gasteiger partial charge in [0, 0.05) is 0 Å². The minimum atomic E-state index is -4.55. The first-order chi connectivity index (χ1) is 8.77. The monoisotopic (exact) mass is 286 g/mol. The number of rotatable bonds is 10. The van der Waals surface area contributed by atoms with E-state index in [0.717, 1.165) is 12.8 Å². The van der Waals surface area contributed by atoms with E-state index in [1.165, 1.54) is 0 Å². The lowest BCUT2D eigenvalue weighted by Crippen LogP contribution is -2.37. The summed E-state index contributed by atoms with van der Waals surface area (Å²) < 4.78 is 47.4. The van der Waals surface area contributed by atoms with Crippen molar-refractivity contribution in [1.82, 2.24) is 0 Å². The average molecular weight is 286 g/mol. The van der Waals surface area contributed by atoms with Gasteiger partial charge in [-0.05, 0) is 13.3 Å². The van der Waals surface area contributed by atoms with E-state index in [0.29, 0.717) is 6.42 Å². The molecule has 0 aliphatic rings. The Labute approximate surface area is 110 Å². The second-order valence-electron chi connectivity index (χ2n) is 4.33. The average Bonchev–Trinajstić information content (AvgIpc) is 2.28. The van der Waals surface area contributed by atoms with E-state index < -0.39 is 37.9 Å². The van der Waals surface area contributed by atoms with Crippen molar-refractivity contribution < 1.29 is 32.5 Å². The highest BCUT2D eigenvalue weighted by Gasteiger charge is 2.41. The molecule has 0 heterocycles. The number of hydrogen-bond donors (Lipinski definition) is 1. The number of alkyl halides is 3. The van der Waals surface area contributed by atoms with Gasteiger partial charge in [0.05, 0.1) is 25.7 Å². The molecule has 114 valence electrons. The first-order valence-corrected chi connectivity index (χ1v) is 6.29. The van der Waals surface area contributed by atoms with Crippen LogP contribution in [0.4, 0.5) is 13.2 Å². The summed E-state index contributed by atoms with van der Waals surface area (Å²) in [5.41, 5.74) is 0. The highest BCUT2D eigenvalue weighted by Crippen LogP contribution is 2.24. The lowest BCUT2D eigenvalue weighted by Gasteiger charge is -2.22. The van der Waals surface area contributed by atoms with Crippen LogP contribution in [-0.4, -0.2) is 42.7 Å². The number of halogens is 3. The van der Waals surface area contributed by atoms with E-state index in [1.807, 2.05) is 6.92 Å². The molecule has 19 heavy (non-hydrogen) atoms. The van der Waals surface area contributed by atoms with Crippen molar-refractivity contribution in [2.45, 2.75) is 57.9 Å². The van der Waals surface area contributed by atoms with Gasteiger partial charge in [0.25, 0.3) is 0 Å². The molecule has 0 aliphatic carbocycles. The second-order valence-corrected chi connectivity index (χ2v) is 4.33. The summed E-state index contributed by atoms with van der Waals surface area (Å²) in [6, 6.07) is 0. The van der Waals surface area contributed by atoms with Gasteiger partial charge in [-0.1, -0.05) is 19.8 Å². The van der Waals surface area contributed by atoms with E-state index in [2.05, 4.69) is 4.74 Å². The Kier molecular flexibility index (Phi) is 8.75. The quantitative estimate of drug-likeness (QED) is 0.670. The third-order valence-electron chi connectivity index (χ3n) is 2.50. The summed E-state index contributed by atoms with van der Waals surface area (Å²) in [6.07, 6.45) is -4.83. The summed E-state index contributed by atoms with van der Waals surface area (Å²) >= 11 is 0. The molecule has 1 N–H and O–H groups in total. The van der Waals surface area contributed by atoms with E-state index in [9.17, 15) is 18.0 Å². The molecule has 0 aromatic rings. The first kappa shape index (κ1) is 18.2. The van der Waals surface area contributed by atoms with Crippen LogP contribution in [0.5, 0.6) is 0 Å². The Hall–Kier alpha value is -0.820. The molecule has 2 unspecified atom stereocenters. The van der Waals surface area contributed by atoms with Crippen LogP contribution in [0, 0.1) is 0 Å². The van der Waals surface area contributed by atoms with Gasteiger partial charge in [-0.3, -0.25) is 4.79 Å². The Bertz CT molecular complexity index is 256. The first-order valence-electron chi connectivity index (χ1n) is 6.29. The third-order valence-corrected chi connectivity index (χ3v) is 2.50. The van der Waals surface area contributed by atoms with Crippen molar-refractivity contribution in [2.24, 2.45) is 0 Å². The molecule has 7 heteroatoms. The summed E-state index contributed by atoms with van der Waals surface area (Å²) in [5.74, 6) is -1.20. The van der Waals surface area contributed by atoms with Gasteiger partial charge in [0.2, 0.25) is 0 Å². The Balaban J connectivity index is 4.10. The molecule has 0 saturated heterocycles. The molecule has 0 radical (unpaired) electrons. The zero-order valence-corrected chi connectivity index (χ0v) is 11.2. The van der Waals surface area contributed by atoms with Gasteiger partial charge in [0.1, 0.15) is 0 Å². The maximum absolute atomic E-state index is 12.6. The molecule has 0 amide bonds. The van der Waals surface area contributed by atoms with Gasteiger partial charge >= 0.3 is 12.1 Å². The molecular weight excluding hydrogens is 265 g/mol. The summed E-state index contributed by atoms with van der Waals surface area (Å²) in [5, 5.41) is 8.35. The van der Waals surface area contributed by atoms with Gasteiger partial charge in [0.15, 0.2) is 6.10 Å². The van der Waals surface area contributed by atoms with Gasteiger partial charge in [-0.25, -0.2) is 0 Å². The van der Waals surface area contributed by atoms with Crippen LogP contribution in [0.3, 0.4) is 0 Å². The molecular formula is C12H21F3O4. The predicted octanol–water partition coefficient (Wildman–Crippen LogP) is 3.00. The van der Waals surface area contributed by atoms with Crippen LogP contribution in [-0.2, 0) is 14.3 Å². The van der Waals surface area contributed by atoms with Crippen molar-refractivity contribution in [3.63, 3.8) is 0 Å². The smallest absolute Gasteiger partial charge is 0.416 e. The SMILES string of the molecule is CCCCC(C)OCC(OCCC(=O)O)C(F)(F)F. The predicted molar refractivity (Wildman–Crippen MR) is 63.0 cm³/mol. The highest BCUT2D eigenvalue weighted by atomic mass is 19.4. The van der Waals surface area contributed by atoms with E-state index >= 15 is 0 Å². The molecule has 0 spiro atoms. The number of carboxylic acids is 1. The van der Waals surface area contributed by atoms with Crippen LogP contribution in [0.15, 0.2) is 0 Å². The number of ether oxygens (including phenoxy) is 2. The summed E-state index contributed by atoms with van der Waals surface area (Å²) in [4.78, 5) is 10.2. The Morgan fingerprint density at radius 2 is 1.95 bits per heavy atom. The van der Waals surface area contributed by atoms with Crippen LogP contribution in [0.1, 0.15) is 39.5 Å². The fraction of sp³-hybridized carbons (Fsp3) is 0.917. The van der Waals surface area contributed by atoms with Crippen LogP contribution >= 0.6 is 0 Å². The van der Waals surface area contributed by atoms with Crippen molar-refractivity contribution in [2.75, 3.05) is 13.2 Å². The molecule has 0 rings (SSSR count). The normalized spacial score (nSPS) is 15.2. The van der Waals surface area contributed by atoms with Crippen molar-refractivity contribution in [1.29, 1.82) is 0 Å². The second kappa shape index (κ2) is 9.14. The summed E-state index contributed by atoms with van der Waals surface area (Å²) in [6.45, 7) is 2.61. The number of hydrogen-bond acceptors (Lipinski definition) is 3. The highest BCUT2D eigenvalue weighted by molar-refractivity contribution is 5.66. The molecule has 0 aliphatic heterocycles. The number of carboxylic acid groups (broad SMARTS) is 1. The fourth-order valence-electron chi connectivity index (χ4n) is 1.35. The largest absolute Gasteiger partial charge is 0.481 e. The zero-order valence-electron chi connectivity index (χ0n) is 11.2. The maximum Gasteiger partial charge on any atom is 0.416 e. The van der Waals surface area contributed by atoms with Crippen LogP contribution in [0.25, 0.3) is 0 Å². The Morgan fingerprint density at radius 1 is 1.32 bits per heavy atom. The molecule has 0 bridgehead atoms. The van der Waals surface area contributed by atoms with Crippen molar-refractivity contribution in [3.8, 4) is 0 Å².